The summed E-state index contributed by atoms with van der Waals surface area (Å²) in [5.74, 6) is 1.17. The lowest BCUT2D eigenvalue weighted by molar-refractivity contribution is -0.134. The van der Waals surface area contributed by atoms with Crippen LogP contribution in [0.3, 0.4) is 0 Å². The molecule has 2 aromatic heterocycles. The molecule has 3 aromatic rings. The first-order valence-corrected chi connectivity index (χ1v) is 9.39. The number of hydrogen-bond acceptors (Lipinski definition) is 8. The minimum Gasteiger partial charge on any atom is -0.487 e. The van der Waals surface area contributed by atoms with Crippen molar-refractivity contribution >= 4 is 17.7 Å². The second-order valence-electron chi connectivity index (χ2n) is 6.12. The Hall–Kier alpha value is -2.95. The van der Waals surface area contributed by atoms with Gasteiger partial charge in [-0.25, -0.2) is 9.36 Å². The van der Waals surface area contributed by atoms with Crippen molar-refractivity contribution in [3.63, 3.8) is 0 Å². The van der Waals surface area contributed by atoms with Crippen molar-refractivity contribution in [3.8, 4) is 5.75 Å². The van der Waals surface area contributed by atoms with Crippen molar-refractivity contribution in [3.05, 3.63) is 42.2 Å². The second-order valence-corrected chi connectivity index (χ2v) is 7.06. The van der Waals surface area contributed by atoms with E-state index in [0.29, 0.717) is 30.6 Å². The van der Waals surface area contributed by atoms with E-state index in [9.17, 15) is 4.79 Å². The van der Waals surface area contributed by atoms with E-state index in [2.05, 4.69) is 25.8 Å². The largest absolute Gasteiger partial charge is 0.487 e. The average Bonchev–Trinajstić information content (AvgIpc) is 3.27. The highest BCUT2D eigenvalue weighted by molar-refractivity contribution is 7.99. The number of benzene rings is 1. The van der Waals surface area contributed by atoms with Crippen LogP contribution in [0.1, 0.15) is 11.7 Å². The van der Waals surface area contributed by atoms with Crippen LogP contribution < -0.4 is 4.74 Å². The molecule has 0 spiro atoms. The van der Waals surface area contributed by atoms with E-state index in [-0.39, 0.29) is 11.9 Å². The van der Waals surface area contributed by atoms with Crippen LogP contribution in [0.5, 0.6) is 5.75 Å². The fourth-order valence-electron chi connectivity index (χ4n) is 2.62. The van der Waals surface area contributed by atoms with Crippen LogP contribution in [0.2, 0.25) is 0 Å². The number of nitrogens with zero attached hydrogens (tertiary/aromatic N) is 8. The number of carbonyl (C=O) groups excluding carboxylic acids is 1. The zero-order valence-corrected chi connectivity index (χ0v) is 15.5. The predicted molar refractivity (Wildman–Crippen MR) is 95.9 cm³/mol. The topological polar surface area (TPSA) is 104 Å². The standard InChI is InChI=1S/C16H18N8O2S/c1-22-16(18-19-21-22)27-11-15(25)23-8-13(9-23)24-7-12(17-20-24)10-26-14-5-3-2-4-6-14/h2-7,13H,8-11H2,1H3. The van der Waals surface area contributed by atoms with Gasteiger partial charge in [-0.15, -0.1) is 10.2 Å². The van der Waals surface area contributed by atoms with Gasteiger partial charge in [-0.05, 0) is 22.6 Å². The maximum absolute atomic E-state index is 12.2. The molecule has 10 nitrogen and oxygen atoms in total. The summed E-state index contributed by atoms with van der Waals surface area (Å²) in [4.78, 5) is 14.0. The molecule has 4 rings (SSSR count). The summed E-state index contributed by atoms with van der Waals surface area (Å²) in [5, 5.41) is 20.1. The van der Waals surface area contributed by atoms with E-state index in [0.717, 1.165) is 11.4 Å². The van der Waals surface area contributed by atoms with Crippen molar-refractivity contribution in [2.24, 2.45) is 7.05 Å². The summed E-state index contributed by atoms with van der Waals surface area (Å²) >= 11 is 1.33. The number of hydrogen-bond donors (Lipinski definition) is 0. The molecule has 0 bridgehead atoms. The van der Waals surface area contributed by atoms with Crippen molar-refractivity contribution in [1.82, 2.24) is 40.1 Å². The Kier molecular flexibility index (Phi) is 5.01. The lowest BCUT2D eigenvalue weighted by atomic mass is 10.1. The summed E-state index contributed by atoms with van der Waals surface area (Å²) in [6.07, 6.45) is 1.87. The minimum atomic E-state index is 0.0620. The van der Waals surface area contributed by atoms with Gasteiger partial charge in [0.05, 0.1) is 18.0 Å². The molecule has 0 N–H and O–H groups in total. The Morgan fingerprint density at radius 2 is 2.04 bits per heavy atom. The number of amides is 1. The summed E-state index contributed by atoms with van der Waals surface area (Å²) in [6, 6.07) is 9.73. The Morgan fingerprint density at radius 3 is 2.78 bits per heavy atom. The third kappa shape index (κ3) is 4.08. The molecule has 0 atom stereocenters. The summed E-state index contributed by atoms with van der Waals surface area (Å²) in [6.45, 7) is 1.61. The van der Waals surface area contributed by atoms with Gasteiger partial charge < -0.3 is 9.64 Å². The molecule has 0 unspecified atom stereocenters. The Balaban J connectivity index is 1.23. The van der Waals surface area contributed by atoms with E-state index in [4.69, 9.17) is 4.74 Å². The second kappa shape index (κ2) is 7.74. The minimum absolute atomic E-state index is 0.0620. The number of thioether (sulfide) groups is 1. The van der Waals surface area contributed by atoms with E-state index in [1.54, 1.807) is 21.3 Å². The molecule has 1 amide bonds. The zero-order chi connectivity index (χ0) is 18.6. The van der Waals surface area contributed by atoms with Crippen molar-refractivity contribution in [1.29, 1.82) is 0 Å². The Morgan fingerprint density at radius 1 is 1.22 bits per heavy atom. The highest BCUT2D eigenvalue weighted by Gasteiger charge is 2.32. The molecule has 1 saturated heterocycles. The van der Waals surface area contributed by atoms with Crippen LogP contribution in [0.15, 0.2) is 41.7 Å². The van der Waals surface area contributed by atoms with Crippen molar-refractivity contribution in [2.45, 2.75) is 17.8 Å². The third-order valence-corrected chi connectivity index (χ3v) is 5.18. The first kappa shape index (κ1) is 17.5. The average molecular weight is 386 g/mol. The van der Waals surface area contributed by atoms with Crippen LogP contribution in [-0.4, -0.2) is 64.9 Å². The number of tetrazole rings is 1. The Bertz CT molecular complexity index is 906. The molecule has 0 aliphatic carbocycles. The van der Waals surface area contributed by atoms with Crippen molar-refractivity contribution in [2.75, 3.05) is 18.8 Å². The number of rotatable bonds is 7. The number of aryl methyl sites for hydroxylation is 1. The van der Waals surface area contributed by atoms with Crippen LogP contribution in [0, 0.1) is 0 Å². The molecule has 27 heavy (non-hydrogen) atoms. The van der Waals surface area contributed by atoms with Crippen LogP contribution in [0.25, 0.3) is 0 Å². The van der Waals surface area contributed by atoms with Crippen LogP contribution in [0.4, 0.5) is 0 Å². The lowest BCUT2D eigenvalue weighted by Gasteiger charge is -2.38. The molecule has 0 saturated carbocycles. The zero-order valence-electron chi connectivity index (χ0n) is 14.7. The fraction of sp³-hybridized carbons (Fsp3) is 0.375. The normalized spacial score (nSPS) is 14.2. The summed E-state index contributed by atoms with van der Waals surface area (Å²) in [5.41, 5.74) is 0.758. The number of carbonyl (C=O) groups is 1. The number of likely N-dealkylation sites (tertiary alicyclic amines) is 1. The molecule has 1 aliphatic heterocycles. The first-order chi connectivity index (χ1) is 13.2. The number of para-hydroxylation sites is 1. The van der Waals surface area contributed by atoms with Crippen LogP contribution in [-0.2, 0) is 18.4 Å². The maximum atomic E-state index is 12.2. The molecular weight excluding hydrogens is 368 g/mol. The number of ether oxygens (including phenoxy) is 1. The molecule has 0 radical (unpaired) electrons. The SMILES string of the molecule is Cn1nnnc1SCC(=O)N1CC(n2cc(COc3ccccc3)nn2)C1. The van der Waals surface area contributed by atoms with E-state index in [1.165, 1.54) is 11.8 Å². The van der Waals surface area contributed by atoms with E-state index < -0.39 is 0 Å². The van der Waals surface area contributed by atoms with Gasteiger partial charge in [0, 0.05) is 20.1 Å². The maximum Gasteiger partial charge on any atom is 0.233 e. The van der Waals surface area contributed by atoms with Gasteiger partial charge in [0.25, 0.3) is 0 Å². The van der Waals surface area contributed by atoms with Gasteiger partial charge in [0.15, 0.2) is 0 Å². The summed E-state index contributed by atoms with van der Waals surface area (Å²) < 4.78 is 9.02. The molecule has 11 heteroatoms. The molecule has 1 aliphatic rings. The highest BCUT2D eigenvalue weighted by atomic mass is 32.2. The van der Waals surface area contributed by atoms with Gasteiger partial charge in [0.2, 0.25) is 11.1 Å². The molecule has 3 heterocycles. The summed E-state index contributed by atoms with van der Waals surface area (Å²) in [7, 11) is 1.75. The quantitative estimate of drug-likeness (QED) is 0.543. The smallest absolute Gasteiger partial charge is 0.233 e. The molecule has 140 valence electrons. The fourth-order valence-corrected chi connectivity index (χ4v) is 3.37. The molecule has 1 fully saturated rings. The van der Waals surface area contributed by atoms with Gasteiger partial charge in [0.1, 0.15) is 18.1 Å². The monoisotopic (exact) mass is 386 g/mol. The predicted octanol–water partition coefficient (Wildman–Crippen LogP) is 0.556. The van der Waals surface area contributed by atoms with Gasteiger partial charge in [-0.2, -0.15) is 0 Å². The molecular formula is C16H18N8O2S. The van der Waals surface area contributed by atoms with E-state index in [1.807, 2.05) is 36.5 Å². The Labute approximate surface area is 159 Å². The third-order valence-electron chi connectivity index (χ3n) is 4.18. The number of aromatic nitrogens is 7. The highest BCUT2D eigenvalue weighted by Crippen LogP contribution is 2.23. The van der Waals surface area contributed by atoms with E-state index >= 15 is 0 Å². The van der Waals surface area contributed by atoms with Gasteiger partial charge in [-0.3, -0.25) is 4.79 Å². The van der Waals surface area contributed by atoms with Crippen LogP contribution >= 0.6 is 11.8 Å². The van der Waals surface area contributed by atoms with Gasteiger partial charge in [-0.1, -0.05) is 35.2 Å². The lowest BCUT2D eigenvalue weighted by Crippen LogP contribution is -2.51. The first-order valence-electron chi connectivity index (χ1n) is 8.40. The van der Waals surface area contributed by atoms with Crippen molar-refractivity contribution < 1.29 is 9.53 Å². The van der Waals surface area contributed by atoms with Gasteiger partial charge >= 0.3 is 0 Å². The molecule has 1 aromatic carbocycles.